The summed E-state index contributed by atoms with van der Waals surface area (Å²) in [7, 11) is 0. The minimum Gasteiger partial charge on any atom is -0.247 e. The van der Waals surface area contributed by atoms with Gasteiger partial charge in [0.2, 0.25) is 0 Å². The Hall–Kier alpha value is -0.840. The summed E-state index contributed by atoms with van der Waals surface area (Å²) in [6, 6.07) is 15.5. The highest BCUT2D eigenvalue weighted by Crippen LogP contribution is 2.36. The summed E-state index contributed by atoms with van der Waals surface area (Å²) in [5.74, 6) is 0. The molecule has 19 heavy (non-hydrogen) atoms. The largest absolute Gasteiger partial charge is 0.247 e. The Bertz CT molecular complexity index is 771. The van der Waals surface area contributed by atoms with Crippen LogP contribution in [-0.2, 0) is 0 Å². The van der Waals surface area contributed by atoms with E-state index >= 15 is 0 Å². The molecule has 0 aliphatic carbocycles. The number of aromatic nitrogens is 1. The number of hydrogen-bond acceptors (Lipinski definition) is 1. The van der Waals surface area contributed by atoms with E-state index in [0.717, 1.165) is 30.8 Å². The van der Waals surface area contributed by atoms with Gasteiger partial charge in [-0.2, -0.15) is 0 Å². The fourth-order valence-corrected chi connectivity index (χ4v) is 3.16. The molecule has 0 aliphatic heterocycles. The van der Waals surface area contributed by atoms with E-state index in [9.17, 15) is 0 Å². The second-order valence-electron chi connectivity index (χ2n) is 4.09. The quantitative estimate of drug-likeness (QED) is 0.470. The lowest BCUT2D eigenvalue weighted by Crippen LogP contribution is -1.92. The van der Waals surface area contributed by atoms with Crippen molar-refractivity contribution in [1.82, 2.24) is 4.98 Å². The molecule has 0 saturated heterocycles. The van der Waals surface area contributed by atoms with Gasteiger partial charge in [0.05, 0.1) is 19.8 Å². The maximum absolute atomic E-state index is 6.44. The summed E-state index contributed by atoms with van der Waals surface area (Å²) in [5, 5.41) is 2.37. The molecule has 0 unspecified atom stereocenters. The van der Waals surface area contributed by atoms with Crippen molar-refractivity contribution in [1.29, 1.82) is 0 Å². The topological polar surface area (TPSA) is 12.9 Å². The van der Waals surface area contributed by atoms with Crippen molar-refractivity contribution in [2.45, 2.75) is 0 Å². The van der Waals surface area contributed by atoms with Crippen molar-refractivity contribution in [2.75, 3.05) is 0 Å². The minimum atomic E-state index is 0.680. The van der Waals surface area contributed by atoms with E-state index in [1.807, 2.05) is 48.5 Å². The Morgan fingerprint density at radius 3 is 2.37 bits per heavy atom. The van der Waals surface area contributed by atoms with Crippen LogP contribution in [0.1, 0.15) is 0 Å². The third-order valence-electron chi connectivity index (χ3n) is 2.90. The molecule has 0 aliphatic rings. The lowest BCUT2D eigenvalue weighted by atomic mass is 10.1. The van der Waals surface area contributed by atoms with Crippen LogP contribution in [0.2, 0.25) is 10.0 Å². The predicted octanol–water partition coefficient (Wildman–Crippen LogP) is 5.81. The van der Waals surface area contributed by atoms with Crippen LogP contribution >= 0.6 is 45.8 Å². The monoisotopic (exact) mass is 399 g/mol. The first-order chi connectivity index (χ1) is 9.18. The van der Waals surface area contributed by atoms with Gasteiger partial charge >= 0.3 is 0 Å². The zero-order valence-electron chi connectivity index (χ0n) is 9.70. The Balaban J connectivity index is 2.37. The fraction of sp³-hybridized carbons (Fsp3) is 0. The van der Waals surface area contributed by atoms with Gasteiger partial charge in [0.25, 0.3) is 0 Å². The van der Waals surface area contributed by atoms with Crippen LogP contribution in [0.25, 0.3) is 22.2 Å². The number of pyridine rings is 1. The first-order valence-corrected chi connectivity index (χ1v) is 7.50. The molecule has 0 amide bonds. The zero-order chi connectivity index (χ0) is 13.4. The van der Waals surface area contributed by atoms with Gasteiger partial charge in [-0.05, 0) is 34.7 Å². The normalized spacial score (nSPS) is 10.9. The van der Waals surface area contributed by atoms with E-state index in [-0.39, 0.29) is 0 Å². The average molecular weight is 400 g/mol. The number of para-hydroxylation sites is 1. The third kappa shape index (κ3) is 2.33. The summed E-state index contributed by atoms with van der Waals surface area (Å²) in [6.07, 6.45) is 0. The molecule has 1 nitrogen and oxygen atoms in total. The Kier molecular flexibility index (Phi) is 3.65. The van der Waals surface area contributed by atoms with Crippen LogP contribution in [0.5, 0.6) is 0 Å². The maximum Gasteiger partial charge on any atom is 0.0873 e. The third-order valence-corrected chi connectivity index (χ3v) is 4.99. The highest BCUT2D eigenvalue weighted by molar-refractivity contribution is 14.1. The van der Waals surface area contributed by atoms with Gasteiger partial charge in [0, 0.05) is 16.0 Å². The van der Waals surface area contributed by atoms with E-state index in [2.05, 4.69) is 22.6 Å². The number of halogens is 3. The van der Waals surface area contributed by atoms with E-state index in [0.29, 0.717) is 5.02 Å². The van der Waals surface area contributed by atoms with E-state index in [4.69, 9.17) is 28.2 Å². The van der Waals surface area contributed by atoms with Gasteiger partial charge in [-0.3, -0.25) is 0 Å². The molecule has 94 valence electrons. The van der Waals surface area contributed by atoms with Gasteiger partial charge in [0.15, 0.2) is 0 Å². The summed E-state index contributed by atoms with van der Waals surface area (Å²) < 4.78 is 0.922. The first-order valence-electron chi connectivity index (χ1n) is 5.67. The minimum absolute atomic E-state index is 0.680. The highest BCUT2D eigenvalue weighted by Gasteiger charge is 2.14. The predicted molar refractivity (Wildman–Crippen MR) is 89.9 cm³/mol. The summed E-state index contributed by atoms with van der Waals surface area (Å²) >= 11 is 14.9. The number of nitrogens with zero attached hydrogens (tertiary/aromatic N) is 1. The number of rotatable bonds is 1. The van der Waals surface area contributed by atoms with Gasteiger partial charge in [-0.1, -0.05) is 59.6 Å². The average Bonchev–Trinajstić information content (AvgIpc) is 2.44. The molecule has 1 heterocycles. The molecule has 1 aromatic heterocycles. The zero-order valence-corrected chi connectivity index (χ0v) is 13.4. The second-order valence-corrected chi connectivity index (χ2v) is 5.95. The summed E-state index contributed by atoms with van der Waals surface area (Å²) in [4.78, 5) is 4.69. The SMILES string of the molecule is Clc1ccccc1-c1nc2ccccc2c(Cl)c1I. The number of hydrogen-bond donors (Lipinski definition) is 0. The van der Waals surface area contributed by atoms with Crippen LogP contribution in [-0.4, -0.2) is 4.98 Å². The van der Waals surface area contributed by atoms with Gasteiger partial charge in [-0.15, -0.1) is 0 Å². The molecule has 0 bridgehead atoms. The van der Waals surface area contributed by atoms with E-state index in [1.54, 1.807) is 0 Å². The standard InChI is InChI=1S/C15H8Cl2IN/c16-11-7-3-1-5-9(11)15-14(18)13(17)10-6-2-4-8-12(10)19-15/h1-8H. The first kappa shape index (κ1) is 13.2. The number of fused-ring (bicyclic) bond motifs is 1. The van der Waals surface area contributed by atoms with Gasteiger partial charge in [-0.25, -0.2) is 4.98 Å². The lowest BCUT2D eigenvalue weighted by molar-refractivity contribution is 1.38. The highest BCUT2D eigenvalue weighted by atomic mass is 127. The summed E-state index contributed by atoms with van der Waals surface area (Å²) in [5.41, 5.74) is 2.61. The van der Waals surface area contributed by atoms with Gasteiger partial charge < -0.3 is 0 Å². The van der Waals surface area contributed by atoms with Crippen molar-refractivity contribution in [3.8, 4) is 11.3 Å². The molecule has 4 heteroatoms. The van der Waals surface area contributed by atoms with Crippen molar-refractivity contribution < 1.29 is 0 Å². The molecular weight excluding hydrogens is 392 g/mol. The molecule has 0 spiro atoms. The number of benzene rings is 2. The molecule has 0 N–H and O–H groups in total. The van der Waals surface area contributed by atoms with Crippen molar-refractivity contribution in [3.63, 3.8) is 0 Å². The Labute approximate surface area is 134 Å². The van der Waals surface area contributed by atoms with Crippen LogP contribution in [0, 0.1) is 3.57 Å². The van der Waals surface area contributed by atoms with Crippen LogP contribution in [0.4, 0.5) is 0 Å². The molecule has 0 fully saturated rings. The molecule has 0 saturated carbocycles. The molecule has 3 rings (SSSR count). The maximum atomic E-state index is 6.44. The molecule has 3 aromatic rings. The van der Waals surface area contributed by atoms with E-state index in [1.165, 1.54) is 0 Å². The Morgan fingerprint density at radius 1 is 0.895 bits per heavy atom. The smallest absolute Gasteiger partial charge is 0.0873 e. The fourth-order valence-electron chi connectivity index (χ4n) is 1.98. The van der Waals surface area contributed by atoms with Crippen molar-refractivity contribution in [3.05, 3.63) is 62.1 Å². The van der Waals surface area contributed by atoms with Crippen LogP contribution in [0.3, 0.4) is 0 Å². The van der Waals surface area contributed by atoms with Crippen LogP contribution < -0.4 is 0 Å². The Morgan fingerprint density at radius 2 is 1.58 bits per heavy atom. The second kappa shape index (κ2) is 5.27. The van der Waals surface area contributed by atoms with Gasteiger partial charge in [0.1, 0.15) is 0 Å². The molecule has 0 radical (unpaired) electrons. The van der Waals surface area contributed by atoms with E-state index < -0.39 is 0 Å². The molecule has 2 aromatic carbocycles. The van der Waals surface area contributed by atoms with Crippen molar-refractivity contribution in [2.24, 2.45) is 0 Å². The summed E-state index contributed by atoms with van der Waals surface area (Å²) in [6.45, 7) is 0. The molecular formula is C15H8Cl2IN. The lowest BCUT2D eigenvalue weighted by Gasteiger charge is -2.10. The van der Waals surface area contributed by atoms with Crippen molar-refractivity contribution >= 4 is 56.7 Å². The molecule has 0 atom stereocenters. The van der Waals surface area contributed by atoms with Crippen LogP contribution in [0.15, 0.2) is 48.5 Å².